The van der Waals surface area contributed by atoms with E-state index in [0.717, 1.165) is 19.3 Å². The lowest BCUT2D eigenvalue weighted by molar-refractivity contribution is 0.393. The number of aromatic nitrogens is 2. The molecular formula is C10H17ClN4O2S. The zero-order chi connectivity index (χ0) is 13.3. The zero-order valence-electron chi connectivity index (χ0n) is 10.2. The number of hydrogen-bond donors (Lipinski definition) is 1. The lowest BCUT2D eigenvalue weighted by Crippen LogP contribution is -2.31. The van der Waals surface area contributed by atoms with Crippen molar-refractivity contribution >= 4 is 27.3 Å². The van der Waals surface area contributed by atoms with E-state index in [2.05, 4.69) is 5.10 Å². The number of rotatable bonds is 2. The third-order valence-corrected chi connectivity index (χ3v) is 4.81. The van der Waals surface area contributed by atoms with E-state index in [-0.39, 0.29) is 6.04 Å². The Balaban J connectivity index is 2.10. The Morgan fingerprint density at radius 3 is 2.72 bits per heavy atom. The Bertz CT molecular complexity index is 508. The SMILES string of the molecule is CS(=O)(=O)N1CCCC(n2cc(N)c(Cl)n2)CC1. The van der Waals surface area contributed by atoms with Gasteiger partial charge in [0, 0.05) is 19.3 Å². The number of hydrogen-bond acceptors (Lipinski definition) is 4. The number of sulfonamides is 1. The summed E-state index contributed by atoms with van der Waals surface area (Å²) in [5.41, 5.74) is 6.12. The molecule has 0 saturated carbocycles. The maximum Gasteiger partial charge on any atom is 0.211 e. The molecular weight excluding hydrogens is 276 g/mol. The lowest BCUT2D eigenvalue weighted by atomic mass is 10.1. The molecule has 2 heterocycles. The van der Waals surface area contributed by atoms with Crippen molar-refractivity contribution in [3.05, 3.63) is 11.3 Å². The van der Waals surface area contributed by atoms with E-state index in [1.165, 1.54) is 10.6 Å². The summed E-state index contributed by atoms with van der Waals surface area (Å²) in [6, 6.07) is 0.159. The molecule has 1 unspecified atom stereocenters. The van der Waals surface area contributed by atoms with E-state index in [1.54, 1.807) is 10.9 Å². The summed E-state index contributed by atoms with van der Waals surface area (Å²) < 4.78 is 26.3. The van der Waals surface area contributed by atoms with Gasteiger partial charge in [0.15, 0.2) is 5.15 Å². The highest BCUT2D eigenvalue weighted by molar-refractivity contribution is 7.88. The van der Waals surface area contributed by atoms with Crippen LogP contribution >= 0.6 is 11.6 Å². The largest absolute Gasteiger partial charge is 0.395 e. The maximum atomic E-state index is 11.5. The normalized spacial score (nSPS) is 22.9. The second-order valence-electron chi connectivity index (χ2n) is 4.60. The first-order valence-electron chi connectivity index (χ1n) is 5.83. The van der Waals surface area contributed by atoms with Crippen LogP contribution < -0.4 is 5.73 Å². The monoisotopic (exact) mass is 292 g/mol. The molecule has 1 fully saturated rings. The van der Waals surface area contributed by atoms with Crippen LogP contribution in [-0.2, 0) is 10.0 Å². The summed E-state index contributed by atoms with van der Waals surface area (Å²) in [4.78, 5) is 0. The minimum Gasteiger partial charge on any atom is -0.395 e. The third-order valence-electron chi connectivity index (χ3n) is 3.21. The number of anilines is 1. The van der Waals surface area contributed by atoms with Crippen LogP contribution in [0.3, 0.4) is 0 Å². The minimum atomic E-state index is -3.10. The molecule has 1 aromatic heterocycles. The van der Waals surface area contributed by atoms with Gasteiger partial charge in [-0.15, -0.1) is 0 Å². The first kappa shape index (κ1) is 13.6. The van der Waals surface area contributed by atoms with Crippen LogP contribution in [0.4, 0.5) is 5.69 Å². The average molecular weight is 293 g/mol. The predicted octanol–water partition coefficient (Wildman–Crippen LogP) is 1.11. The highest BCUT2D eigenvalue weighted by Crippen LogP contribution is 2.26. The molecule has 1 aliphatic heterocycles. The third kappa shape index (κ3) is 2.96. The summed E-state index contributed by atoms with van der Waals surface area (Å²) in [5.74, 6) is 0. The van der Waals surface area contributed by atoms with Crippen molar-refractivity contribution in [1.82, 2.24) is 14.1 Å². The number of nitrogens with zero attached hydrogens (tertiary/aromatic N) is 3. The van der Waals surface area contributed by atoms with E-state index >= 15 is 0 Å². The first-order chi connectivity index (χ1) is 8.38. The minimum absolute atomic E-state index is 0.159. The molecule has 1 aromatic rings. The molecule has 1 atom stereocenters. The van der Waals surface area contributed by atoms with E-state index in [1.807, 2.05) is 0 Å². The molecule has 6 nitrogen and oxygen atoms in total. The molecule has 2 N–H and O–H groups in total. The summed E-state index contributed by atoms with van der Waals surface area (Å²) in [5, 5.41) is 4.46. The molecule has 2 rings (SSSR count). The van der Waals surface area contributed by atoms with Gasteiger partial charge in [-0.25, -0.2) is 12.7 Å². The Morgan fingerprint density at radius 2 is 2.17 bits per heavy atom. The van der Waals surface area contributed by atoms with Gasteiger partial charge in [-0.05, 0) is 19.3 Å². The molecule has 0 aliphatic carbocycles. The Labute approximate surface area is 112 Å². The first-order valence-corrected chi connectivity index (χ1v) is 8.06. The fourth-order valence-electron chi connectivity index (χ4n) is 2.22. The second-order valence-corrected chi connectivity index (χ2v) is 6.94. The van der Waals surface area contributed by atoms with Crippen molar-refractivity contribution in [2.24, 2.45) is 0 Å². The van der Waals surface area contributed by atoms with Crippen LogP contribution in [0.25, 0.3) is 0 Å². The van der Waals surface area contributed by atoms with Gasteiger partial charge in [-0.1, -0.05) is 11.6 Å². The molecule has 1 aliphatic rings. The molecule has 0 amide bonds. The molecule has 102 valence electrons. The molecule has 0 bridgehead atoms. The van der Waals surface area contributed by atoms with E-state index in [9.17, 15) is 8.42 Å². The highest BCUT2D eigenvalue weighted by atomic mass is 35.5. The fourth-order valence-corrected chi connectivity index (χ4v) is 3.25. The summed E-state index contributed by atoms with van der Waals surface area (Å²) >= 11 is 5.83. The van der Waals surface area contributed by atoms with Gasteiger partial charge in [0.2, 0.25) is 10.0 Å². The second kappa shape index (κ2) is 5.07. The molecule has 0 aromatic carbocycles. The molecule has 0 spiro atoms. The van der Waals surface area contributed by atoms with Crippen molar-refractivity contribution in [3.8, 4) is 0 Å². The van der Waals surface area contributed by atoms with Crippen molar-refractivity contribution in [2.45, 2.75) is 25.3 Å². The van der Waals surface area contributed by atoms with Crippen molar-refractivity contribution in [1.29, 1.82) is 0 Å². The van der Waals surface area contributed by atoms with Crippen molar-refractivity contribution in [3.63, 3.8) is 0 Å². The van der Waals surface area contributed by atoms with Gasteiger partial charge in [0.25, 0.3) is 0 Å². The van der Waals surface area contributed by atoms with Gasteiger partial charge in [-0.2, -0.15) is 5.10 Å². The highest BCUT2D eigenvalue weighted by Gasteiger charge is 2.24. The van der Waals surface area contributed by atoms with Gasteiger partial charge in [0.05, 0.1) is 18.0 Å². The smallest absolute Gasteiger partial charge is 0.211 e. The number of nitrogens with two attached hydrogens (primary N) is 1. The summed E-state index contributed by atoms with van der Waals surface area (Å²) in [7, 11) is -3.10. The van der Waals surface area contributed by atoms with Gasteiger partial charge in [-0.3, -0.25) is 4.68 Å². The van der Waals surface area contributed by atoms with Crippen LogP contribution in [0.2, 0.25) is 5.15 Å². The lowest BCUT2D eigenvalue weighted by Gasteiger charge is -2.17. The van der Waals surface area contributed by atoms with Gasteiger partial charge in [0.1, 0.15) is 0 Å². The van der Waals surface area contributed by atoms with E-state index < -0.39 is 10.0 Å². The maximum absolute atomic E-state index is 11.5. The van der Waals surface area contributed by atoms with Crippen LogP contribution in [-0.4, -0.2) is 41.8 Å². The average Bonchev–Trinajstić information content (AvgIpc) is 2.53. The molecule has 8 heteroatoms. The molecule has 0 radical (unpaired) electrons. The number of halogens is 1. The van der Waals surface area contributed by atoms with Crippen LogP contribution in [0.15, 0.2) is 6.20 Å². The quantitative estimate of drug-likeness (QED) is 0.885. The Kier molecular flexibility index (Phi) is 3.84. The standard InChI is InChI=1S/C10H17ClN4O2S/c1-18(16,17)14-5-2-3-8(4-6-14)15-7-9(12)10(11)13-15/h7-8H,2-6,12H2,1H3. The van der Waals surface area contributed by atoms with Gasteiger partial charge < -0.3 is 5.73 Å². The topological polar surface area (TPSA) is 81.2 Å². The predicted molar refractivity (Wildman–Crippen MR) is 71.0 cm³/mol. The van der Waals surface area contributed by atoms with Crippen molar-refractivity contribution < 1.29 is 8.42 Å². The molecule has 18 heavy (non-hydrogen) atoms. The summed E-state index contributed by atoms with van der Waals surface area (Å²) in [6.07, 6.45) is 5.38. The zero-order valence-corrected chi connectivity index (χ0v) is 11.8. The van der Waals surface area contributed by atoms with Crippen LogP contribution in [0, 0.1) is 0 Å². The number of nitrogen functional groups attached to an aromatic ring is 1. The van der Waals surface area contributed by atoms with Gasteiger partial charge >= 0.3 is 0 Å². The fraction of sp³-hybridized carbons (Fsp3) is 0.700. The Morgan fingerprint density at radius 1 is 1.44 bits per heavy atom. The van der Waals surface area contributed by atoms with Crippen molar-refractivity contribution in [2.75, 3.05) is 25.1 Å². The van der Waals surface area contributed by atoms with Crippen LogP contribution in [0.1, 0.15) is 25.3 Å². The van der Waals surface area contributed by atoms with Crippen LogP contribution in [0.5, 0.6) is 0 Å². The molecule has 1 saturated heterocycles. The summed E-state index contributed by atoms with van der Waals surface area (Å²) in [6.45, 7) is 1.08. The van der Waals surface area contributed by atoms with E-state index in [4.69, 9.17) is 17.3 Å². The Hall–Kier alpha value is -0.790. The van der Waals surface area contributed by atoms with E-state index in [0.29, 0.717) is 23.9 Å².